The zero-order chi connectivity index (χ0) is 17.4. The highest BCUT2D eigenvalue weighted by Gasteiger charge is 2.11. The smallest absolute Gasteiger partial charge is 0.339 e. The highest BCUT2D eigenvalue weighted by Crippen LogP contribution is 2.17. The van der Waals surface area contributed by atoms with Crippen LogP contribution in [0.25, 0.3) is 0 Å². The zero-order valence-electron chi connectivity index (χ0n) is 13.2. The van der Waals surface area contributed by atoms with Gasteiger partial charge in [0.25, 0.3) is 0 Å². The maximum atomic E-state index is 11.1. The number of unbranched alkanes of at least 4 members (excludes halogenated alkanes) is 1. The van der Waals surface area contributed by atoms with Gasteiger partial charge >= 0.3 is 5.97 Å². The van der Waals surface area contributed by atoms with E-state index in [9.17, 15) is 4.79 Å². The zero-order valence-corrected chi connectivity index (χ0v) is 14.0. The van der Waals surface area contributed by atoms with E-state index in [0.717, 1.165) is 24.2 Å². The lowest BCUT2D eigenvalue weighted by molar-refractivity contribution is 0.0697. The largest absolute Gasteiger partial charge is 0.494 e. The van der Waals surface area contributed by atoms with E-state index in [1.807, 2.05) is 24.3 Å². The Morgan fingerprint density at radius 1 is 1.33 bits per heavy atom. The molecule has 6 nitrogen and oxygen atoms in total. The number of nitrogens with zero attached hydrogens (tertiary/aromatic N) is 2. The Balaban J connectivity index is 1.99. The van der Waals surface area contributed by atoms with Crippen LogP contribution in [0.4, 0.5) is 5.82 Å². The van der Waals surface area contributed by atoms with E-state index in [-0.39, 0.29) is 16.5 Å². The molecule has 2 N–H and O–H groups in total. The van der Waals surface area contributed by atoms with Crippen LogP contribution in [0, 0.1) is 0 Å². The van der Waals surface area contributed by atoms with E-state index < -0.39 is 5.97 Å². The fourth-order valence-corrected chi connectivity index (χ4v) is 1.99. The molecule has 1 aromatic carbocycles. The number of carbonyl (C=O) groups is 1. The molecule has 0 radical (unpaired) electrons. The van der Waals surface area contributed by atoms with Crippen LogP contribution in [-0.2, 0) is 0 Å². The monoisotopic (exact) mass is 347 g/mol. The Bertz CT molecular complexity index is 718. The van der Waals surface area contributed by atoms with Crippen LogP contribution in [-0.4, -0.2) is 28.9 Å². The van der Waals surface area contributed by atoms with E-state index in [0.29, 0.717) is 6.61 Å². The molecule has 126 valence electrons. The van der Waals surface area contributed by atoms with Crippen molar-refractivity contribution in [2.24, 2.45) is 5.10 Å². The molecule has 0 atom stereocenters. The first-order valence-corrected chi connectivity index (χ1v) is 7.89. The van der Waals surface area contributed by atoms with Crippen LogP contribution in [0.15, 0.2) is 41.5 Å². The molecule has 0 spiro atoms. The Morgan fingerprint density at radius 3 is 2.75 bits per heavy atom. The summed E-state index contributed by atoms with van der Waals surface area (Å²) in [5, 5.41) is 13.3. The quantitative estimate of drug-likeness (QED) is 0.325. The van der Waals surface area contributed by atoms with Gasteiger partial charge in [-0.25, -0.2) is 9.78 Å². The molecule has 0 amide bonds. The molecule has 1 heterocycles. The summed E-state index contributed by atoms with van der Waals surface area (Å²) in [6.07, 6.45) is 3.67. The third-order valence-electron chi connectivity index (χ3n) is 3.12. The van der Waals surface area contributed by atoms with Gasteiger partial charge in [0, 0.05) is 0 Å². The number of anilines is 1. The van der Waals surface area contributed by atoms with E-state index in [2.05, 4.69) is 22.4 Å². The molecule has 2 aromatic rings. The molecule has 0 aliphatic rings. The summed E-state index contributed by atoms with van der Waals surface area (Å²) in [7, 11) is 0. The summed E-state index contributed by atoms with van der Waals surface area (Å²) in [6.45, 7) is 2.81. The van der Waals surface area contributed by atoms with E-state index in [1.165, 1.54) is 12.1 Å². The maximum absolute atomic E-state index is 11.1. The van der Waals surface area contributed by atoms with Gasteiger partial charge in [0.1, 0.15) is 16.5 Å². The summed E-state index contributed by atoms with van der Waals surface area (Å²) < 4.78 is 5.58. The minimum Gasteiger partial charge on any atom is -0.494 e. The van der Waals surface area contributed by atoms with Gasteiger partial charge in [-0.1, -0.05) is 24.9 Å². The topological polar surface area (TPSA) is 83.8 Å². The number of aromatic carboxylic acids is 1. The summed E-state index contributed by atoms with van der Waals surface area (Å²) in [5.41, 5.74) is 3.44. The number of carboxylic acids is 1. The molecule has 1 aromatic heterocycles. The predicted molar refractivity (Wildman–Crippen MR) is 94.3 cm³/mol. The Kier molecular flexibility index (Phi) is 6.57. The Morgan fingerprint density at radius 2 is 2.08 bits per heavy atom. The van der Waals surface area contributed by atoms with Gasteiger partial charge in [0.15, 0.2) is 5.82 Å². The second kappa shape index (κ2) is 8.88. The van der Waals surface area contributed by atoms with Gasteiger partial charge in [-0.3, -0.25) is 5.43 Å². The van der Waals surface area contributed by atoms with Gasteiger partial charge in [0.05, 0.1) is 12.8 Å². The number of hydrogen-bond donors (Lipinski definition) is 2. The standard InChI is InChI=1S/C17H18ClN3O3/c1-2-3-10-24-13-6-4-12(5-7-13)11-19-21-16-14(17(22)23)8-9-15(18)20-16/h4-9,11H,2-3,10H2,1H3,(H,20,21)(H,22,23)/b19-11-. The fourth-order valence-electron chi connectivity index (χ4n) is 1.85. The second-order valence-electron chi connectivity index (χ2n) is 4.98. The van der Waals surface area contributed by atoms with Gasteiger partial charge < -0.3 is 9.84 Å². The van der Waals surface area contributed by atoms with Gasteiger partial charge in [0.2, 0.25) is 0 Å². The molecular weight excluding hydrogens is 330 g/mol. The molecule has 0 aliphatic carbocycles. The number of ether oxygens (including phenoxy) is 1. The first-order chi connectivity index (χ1) is 11.6. The average Bonchev–Trinajstić information content (AvgIpc) is 2.56. The van der Waals surface area contributed by atoms with E-state index >= 15 is 0 Å². The Hall–Kier alpha value is -2.60. The summed E-state index contributed by atoms with van der Waals surface area (Å²) in [4.78, 5) is 15.0. The van der Waals surface area contributed by atoms with Crippen molar-refractivity contribution in [3.63, 3.8) is 0 Å². The summed E-state index contributed by atoms with van der Waals surface area (Å²) in [5.74, 6) is -0.213. The van der Waals surface area contributed by atoms with E-state index in [4.69, 9.17) is 21.4 Å². The number of halogens is 1. The van der Waals surface area contributed by atoms with Crippen LogP contribution in [0.1, 0.15) is 35.7 Å². The first-order valence-electron chi connectivity index (χ1n) is 7.52. The lowest BCUT2D eigenvalue weighted by atomic mass is 10.2. The number of carboxylic acid groups (broad SMARTS) is 1. The third-order valence-corrected chi connectivity index (χ3v) is 3.33. The Labute approximate surface area is 145 Å². The molecule has 0 aliphatic heterocycles. The van der Waals surface area contributed by atoms with E-state index in [1.54, 1.807) is 6.21 Å². The molecule has 0 saturated carbocycles. The number of aromatic nitrogens is 1. The van der Waals surface area contributed by atoms with Crippen molar-refractivity contribution in [1.29, 1.82) is 0 Å². The van der Waals surface area contributed by atoms with Crippen molar-refractivity contribution >= 4 is 29.6 Å². The molecule has 7 heteroatoms. The lowest BCUT2D eigenvalue weighted by Crippen LogP contribution is -2.04. The highest BCUT2D eigenvalue weighted by molar-refractivity contribution is 6.29. The normalized spacial score (nSPS) is 10.8. The number of hydrazone groups is 1. The van der Waals surface area contributed by atoms with Crippen molar-refractivity contribution in [1.82, 2.24) is 4.98 Å². The number of nitrogens with one attached hydrogen (secondary N) is 1. The molecule has 24 heavy (non-hydrogen) atoms. The minimum absolute atomic E-state index is 0.00350. The third kappa shape index (κ3) is 5.24. The molecule has 0 fully saturated rings. The van der Waals surface area contributed by atoms with Gasteiger partial charge in [-0.05, 0) is 48.4 Å². The number of rotatable bonds is 8. The maximum Gasteiger partial charge on any atom is 0.339 e. The molecule has 0 unspecified atom stereocenters. The number of benzene rings is 1. The number of hydrogen-bond acceptors (Lipinski definition) is 5. The summed E-state index contributed by atoms with van der Waals surface area (Å²) in [6, 6.07) is 10.2. The van der Waals surface area contributed by atoms with Crippen LogP contribution in [0.3, 0.4) is 0 Å². The van der Waals surface area contributed by atoms with Crippen LogP contribution in [0.2, 0.25) is 5.15 Å². The number of pyridine rings is 1. The average molecular weight is 348 g/mol. The first kappa shape index (κ1) is 17.7. The van der Waals surface area contributed by atoms with Crippen molar-refractivity contribution in [3.8, 4) is 5.75 Å². The lowest BCUT2D eigenvalue weighted by Gasteiger charge is -2.05. The highest BCUT2D eigenvalue weighted by atomic mass is 35.5. The van der Waals surface area contributed by atoms with Crippen LogP contribution in [0.5, 0.6) is 5.75 Å². The fraction of sp³-hybridized carbons (Fsp3) is 0.235. The molecule has 2 rings (SSSR count). The van der Waals surface area contributed by atoms with Crippen LogP contribution >= 0.6 is 11.6 Å². The molecule has 0 bridgehead atoms. The molecule has 0 saturated heterocycles. The second-order valence-corrected chi connectivity index (χ2v) is 5.36. The minimum atomic E-state index is -1.11. The van der Waals surface area contributed by atoms with Crippen molar-refractivity contribution in [2.45, 2.75) is 19.8 Å². The SMILES string of the molecule is CCCCOc1ccc(/C=N\Nc2nc(Cl)ccc2C(=O)O)cc1. The van der Waals surface area contributed by atoms with Gasteiger partial charge in [-0.2, -0.15) is 5.10 Å². The summed E-state index contributed by atoms with van der Waals surface area (Å²) >= 11 is 5.78. The van der Waals surface area contributed by atoms with Crippen molar-refractivity contribution in [3.05, 3.63) is 52.7 Å². The van der Waals surface area contributed by atoms with Crippen molar-refractivity contribution in [2.75, 3.05) is 12.0 Å². The van der Waals surface area contributed by atoms with Crippen molar-refractivity contribution < 1.29 is 14.6 Å². The predicted octanol–water partition coefficient (Wildman–Crippen LogP) is 4.06. The van der Waals surface area contributed by atoms with Gasteiger partial charge in [-0.15, -0.1) is 0 Å². The molecular formula is C17H18ClN3O3. The van der Waals surface area contributed by atoms with Crippen LogP contribution < -0.4 is 10.2 Å².